The molecule has 1 aliphatic heterocycles. The average Bonchev–Trinajstić information content (AvgIpc) is 3.19. The van der Waals surface area contributed by atoms with Crippen LogP contribution in [-0.4, -0.2) is 53.7 Å². The molecule has 1 heterocycles. The van der Waals surface area contributed by atoms with Gasteiger partial charge in [-0.1, -0.05) is 55.5 Å². The van der Waals surface area contributed by atoms with E-state index < -0.39 is 24.0 Å². The van der Waals surface area contributed by atoms with E-state index in [0.29, 0.717) is 19.5 Å². The van der Waals surface area contributed by atoms with Crippen molar-refractivity contribution in [1.29, 1.82) is 0 Å². The van der Waals surface area contributed by atoms with Crippen LogP contribution < -0.4 is 5.32 Å². The highest BCUT2D eigenvalue weighted by Gasteiger charge is 2.32. The number of carboxylic acid groups (broad SMARTS) is 1. The van der Waals surface area contributed by atoms with Gasteiger partial charge in [0.1, 0.15) is 6.61 Å². The van der Waals surface area contributed by atoms with Gasteiger partial charge in [0.2, 0.25) is 5.91 Å². The highest BCUT2D eigenvalue weighted by Crippen LogP contribution is 2.44. The summed E-state index contributed by atoms with van der Waals surface area (Å²) in [4.78, 5) is 38.4. The Labute approximate surface area is 206 Å². The largest absolute Gasteiger partial charge is 0.481 e. The van der Waals surface area contributed by atoms with Gasteiger partial charge in [-0.3, -0.25) is 9.59 Å². The molecule has 0 bridgehead atoms. The molecule has 0 saturated carbocycles. The topological polar surface area (TPSA) is 95.9 Å². The number of fused-ring (bicyclic) bond motifs is 3. The fourth-order valence-corrected chi connectivity index (χ4v) is 5.28. The Hall–Kier alpha value is -3.35. The summed E-state index contributed by atoms with van der Waals surface area (Å²) in [5.41, 5.74) is 4.65. The maximum atomic E-state index is 13.1. The van der Waals surface area contributed by atoms with Crippen LogP contribution in [0.1, 0.15) is 56.6 Å². The highest BCUT2D eigenvalue weighted by atomic mass is 16.5. The van der Waals surface area contributed by atoms with Crippen molar-refractivity contribution >= 4 is 18.0 Å². The fraction of sp³-hybridized carbons (Fsp3) is 0.464. The molecule has 2 N–H and O–H groups in total. The molecule has 1 fully saturated rings. The van der Waals surface area contributed by atoms with Crippen LogP contribution in [0.3, 0.4) is 0 Å². The average molecular weight is 479 g/mol. The van der Waals surface area contributed by atoms with Crippen molar-refractivity contribution in [2.24, 2.45) is 11.8 Å². The van der Waals surface area contributed by atoms with E-state index in [-0.39, 0.29) is 30.8 Å². The van der Waals surface area contributed by atoms with Crippen molar-refractivity contribution in [1.82, 2.24) is 10.2 Å². The van der Waals surface area contributed by atoms with E-state index in [2.05, 4.69) is 29.6 Å². The molecule has 186 valence electrons. The first-order chi connectivity index (χ1) is 16.8. The lowest BCUT2D eigenvalue weighted by Crippen LogP contribution is -2.48. The van der Waals surface area contributed by atoms with Crippen molar-refractivity contribution < 1.29 is 24.2 Å². The zero-order chi connectivity index (χ0) is 24.9. The third-order valence-corrected chi connectivity index (χ3v) is 7.43. The van der Waals surface area contributed by atoms with Crippen LogP contribution in [-0.2, 0) is 14.3 Å². The third-order valence-electron chi connectivity index (χ3n) is 7.43. The smallest absolute Gasteiger partial charge is 0.407 e. The van der Waals surface area contributed by atoms with Crippen molar-refractivity contribution in [3.05, 3.63) is 59.7 Å². The summed E-state index contributed by atoms with van der Waals surface area (Å²) in [5.74, 6) is -1.03. The number of ether oxygens (including phenoxy) is 1. The number of carboxylic acids is 1. The minimum Gasteiger partial charge on any atom is -0.481 e. The minimum atomic E-state index is -0.803. The lowest BCUT2D eigenvalue weighted by molar-refractivity contribution is -0.138. The number of aliphatic carboxylic acids is 1. The van der Waals surface area contributed by atoms with Gasteiger partial charge in [-0.05, 0) is 54.4 Å². The summed E-state index contributed by atoms with van der Waals surface area (Å²) in [6.07, 6.45) is 2.00. The summed E-state index contributed by atoms with van der Waals surface area (Å²) in [7, 11) is 0. The molecule has 35 heavy (non-hydrogen) atoms. The van der Waals surface area contributed by atoms with Gasteiger partial charge >= 0.3 is 12.1 Å². The Bertz CT molecular complexity index is 1040. The molecule has 2 aromatic rings. The predicted molar refractivity (Wildman–Crippen MR) is 133 cm³/mol. The second-order valence-electron chi connectivity index (χ2n) is 9.77. The Morgan fingerprint density at radius 2 is 1.69 bits per heavy atom. The lowest BCUT2D eigenvalue weighted by Gasteiger charge is -2.35. The van der Waals surface area contributed by atoms with Crippen molar-refractivity contribution in [2.75, 3.05) is 19.7 Å². The maximum Gasteiger partial charge on any atom is 0.407 e. The standard InChI is InChI=1S/C28H34N2O5/c1-18(27(33)30-15-7-8-20(16-30)13-14-26(31)32)19(2)29-28(34)35-17-25-23-11-5-3-9-21(23)22-10-4-6-12-24(22)25/h3-6,9-12,18-20,25H,7-8,13-17H2,1-2H3,(H,29,34)(H,31,32). The first-order valence-electron chi connectivity index (χ1n) is 12.5. The van der Waals surface area contributed by atoms with E-state index in [9.17, 15) is 14.4 Å². The molecule has 2 aliphatic rings. The number of rotatable bonds is 8. The van der Waals surface area contributed by atoms with Crippen LogP contribution in [0.25, 0.3) is 11.1 Å². The van der Waals surface area contributed by atoms with E-state index in [0.717, 1.165) is 24.0 Å². The van der Waals surface area contributed by atoms with Gasteiger partial charge in [0.15, 0.2) is 0 Å². The molecule has 4 rings (SSSR count). The second kappa shape index (κ2) is 10.9. The molecule has 0 radical (unpaired) electrons. The zero-order valence-electron chi connectivity index (χ0n) is 20.4. The number of likely N-dealkylation sites (tertiary alicyclic amines) is 1. The summed E-state index contributed by atoms with van der Waals surface area (Å²) >= 11 is 0. The van der Waals surface area contributed by atoms with Crippen LogP contribution in [0.4, 0.5) is 4.79 Å². The van der Waals surface area contributed by atoms with Crippen LogP contribution in [0.15, 0.2) is 48.5 Å². The summed E-state index contributed by atoms with van der Waals surface area (Å²) in [6, 6.07) is 16.0. The number of hydrogen-bond donors (Lipinski definition) is 2. The predicted octanol–water partition coefficient (Wildman–Crippen LogP) is 4.65. The Balaban J connectivity index is 1.30. The van der Waals surface area contributed by atoms with E-state index in [1.807, 2.05) is 43.0 Å². The number of piperidine rings is 1. The van der Waals surface area contributed by atoms with Crippen LogP contribution in [0.2, 0.25) is 0 Å². The Morgan fingerprint density at radius 1 is 1.06 bits per heavy atom. The summed E-state index contributed by atoms with van der Waals surface area (Å²) in [5, 5.41) is 11.8. The Kier molecular flexibility index (Phi) is 7.73. The van der Waals surface area contributed by atoms with Gasteiger partial charge < -0.3 is 20.1 Å². The number of carbonyl (C=O) groups is 3. The van der Waals surface area contributed by atoms with Gasteiger partial charge in [0, 0.05) is 31.5 Å². The molecule has 7 nitrogen and oxygen atoms in total. The molecule has 2 aromatic carbocycles. The van der Waals surface area contributed by atoms with Crippen molar-refractivity contribution in [3.63, 3.8) is 0 Å². The molecule has 0 aromatic heterocycles. The third kappa shape index (κ3) is 5.66. The summed E-state index contributed by atoms with van der Waals surface area (Å²) in [6.45, 7) is 5.11. The first kappa shape index (κ1) is 24.8. The van der Waals surface area contributed by atoms with Gasteiger partial charge in [0.25, 0.3) is 0 Å². The summed E-state index contributed by atoms with van der Waals surface area (Å²) < 4.78 is 5.63. The van der Waals surface area contributed by atoms with Crippen LogP contribution in [0, 0.1) is 11.8 Å². The second-order valence-corrected chi connectivity index (χ2v) is 9.77. The van der Waals surface area contributed by atoms with Crippen LogP contribution >= 0.6 is 0 Å². The number of benzene rings is 2. The SMILES string of the molecule is CC(NC(=O)OCC1c2ccccc2-c2ccccc21)C(C)C(=O)N1CCCC(CCC(=O)O)C1. The molecule has 0 spiro atoms. The van der Waals surface area contributed by atoms with Gasteiger partial charge in [-0.2, -0.15) is 0 Å². The van der Waals surface area contributed by atoms with Crippen LogP contribution in [0.5, 0.6) is 0 Å². The molecule has 3 unspecified atom stereocenters. The lowest BCUT2D eigenvalue weighted by atomic mass is 9.92. The fourth-order valence-electron chi connectivity index (χ4n) is 5.28. The number of carbonyl (C=O) groups excluding carboxylic acids is 2. The van der Waals surface area contributed by atoms with E-state index >= 15 is 0 Å². The minimum absolute atomic E-state index is 0.0152. The molecule has 7 heteroatoms. The number of nitrogens with zero attached hydrogens (tertiary/aromatic N) is 1. The van der Waals surface area contributed by atoms with E-state index in [1.54, 1.807) is 0 Å². The van der Waals surface area contributed by atoms with Crippen molar-refractivity contribution in [3.8, 4) is 11.1 Å². The van der Waals surface area contributed by atoms with E-state index in [4.69, 9.17) is 9.84 Å². The van der Waals surface area contributed by atoms with Gasteiger partial charge in [-0.25, -0.2) is 4.79 Å². The van der Waals surface area contributed by atoms with Crippen molar-refractivity contribution in [2.45, 2.75) is 51.5 Å². The molecule has 1 aliphatic carbocycles. The van der Waals surface area contributed by atoms with Gasteiger partial charge in [0.05, 0.1) is 5.92 Å². The zero-order valence-corrected chi connectivity index (χ0v) is 20.4. The monoisotopic (exact) mass is 478 g/mol. The molecule has 2 amide bonds. The molecular formula is C28H34N2O5. The maximum absolute atomic E-state index is 13.1. The van der Waals surface area contributed by atoms with E-state index in [1.165, 1.54) is 11.1 Å². The number of nitrogens with one attached hydrogen (secondary N) is 1. The first-order valence-corrected chi connectivity index (χ1v) is 12.5. The number of amides is 2. The number of alkyl carbamates (subject to hydrolysis) is 1. The molecule has 3 atom stereocenters. The normalized spacial score (nSPS) is 18.8. The molecular weight excluding hydrogens is 444 g/mol. The Morgan fingerprint density at radius 3 is 2.31 bits per heavy atom. The highest BCUT2D eigenvalue weighted by molar-refractivity contribution is 5.81. The number of hydrogen-bond acceptors (Lipinski definition) is 4. The van der Waals surface area contributed by atoms with Gasteiger partial charge in [-0.15, -0.1) is 0 Å². The molecule has 1 saturated heterocycles. The quantitative estimate of drug-likeness (QED) is 0.576.